The predicted molar refractivity (Wildman–Crippen MR) is 105 cm³/mol. The maximum Gasteiger partial charge on any atom is 0.253 e. The Balaban J connectivity index is 1.50. The summed E-state index contributed by atoms with van der Waals surface area (Å²) in [5.74, 6) is -0.0698. The normalized spacial score (nSPS) is 26.8. The highest BCUT2D eigenvalue weighted by Crippen LogP contribution is 2.24. The summed E-state index contributed by atoms with van der Waals surface area (Å²) in [6.45, 7) is 5.20. The maximum atomic E-state index is 13.1. The van der Waals surface area contributed by atoms with E-state index in [1.54, 1.807) is 4.90 Å². The lowest BCUT2D eigenvalue weighted by molar-refractivity contribution is 0.0460. The van der Waals surface area contributed by atoms with Crippen LogP contribution in [0, 0.1) is 5.92 Å². The van der Waals surface area contributed by atoms with Gasteiger partial charge in [-0.3, -0.25) is 4.79 Å². The highest BCUT2D eigenvalue weighted by Gasteiger charge is 2.39. The monoisotopic (exact) mass is 409 g/mol. The second-order valence-electron chi connectivity index (χ2n) is 7.75. The lowest BCUT2D eigenvalue weighted by Gasteiger charge is -2.31. The number of anilines is 1. The third kappa shape index (κ3) is 4.17. The van der Waals surface area contributed by atoms with E-state index in [2.05, 4.69) is 4.90 Å². The van der Waals surface area contributed by atoms with Crippen molar-refractivity contribution >= 4 is 21.6 Å². The van der Waals surface area contributed by atoms with Gasteiger partial charge in [0.25, 0.3) is 5.91 Å². The van der Waals surface area contributed by atoms with Crippen LogP contribution < -0.4 is 4.90 Å². The first-order valence-corrected chi connectivity index (χ1v) is 11.5. The number of morpholine rings is 1. The number of nitrogens with zero attached hydrogens (tertiary/aromatic N) is 3. The van der Waals surface area contributed by atoms with Crippen molar-refractivity contribution in [1.29, 1.82) is 0 Å². The largest absolute Gasteiger partial charge is 0.379 e. The molecule has 0 aliphatic carbocycles. The minimum atomic E-state index is -3.34. The number of sulfonamides is 1. The first kappa shape index (κ1) is 19.6. The molecule has 28 heavy (non-hydrogen) atoms. The summed E-state index contributed by atoms with van der Waals surface area (Å²) in [5.41, 5.74) is 1.72. The van der Waals surface area contributed by atoms with Crippen LogP contribution >= 0.6 is 0 Å². The molecule has 4 rings (SSSR count). The van der Waals surface area contributed by atoms with E-state index in [1.165, 1.54) is 10.6 Å². The number of hydrogen-bond donors (Lipinski definition) is 0. The molecule has 0 spiro atoms. The van der Waals surface area contributed by atoms with Crippen molar-refractivity contribution in [3.63, 3.8) is 0 Å². The second kappa shape index (κ2) is 7.98. The third-order valence-electron chi connectivity index (χ3n) is 5.62. The second-order valence-corrected chi connectivity index (χ2v) is 9.68. The molecule has 0 aromatic heterocycles. The van der Waals surface area contributed by atoms with Crippen molar-refractivity contribution in [2.24, 2.45) is 5.92 Å². The summed E-state index contributed by atoms with van der Waals surface area (Å²) in [7, 11) is -3.34. The Morgan fingerprint density at radius 1 is 1.00 bits per heavy atom. The summed E-state index contributed by atoms with van der Waals surface area (Å²) in [6.07, 6.45) is 1.23. The molecule has 154 valence electrons. The minimum absolute atomic E-state index is 0.0150. The highest BCUT2D eigenvalue weighted by atomic mass is 32.2. The number of ether oxygens (including phenoxy) is 2. The van der Waals surface area contributed by atoms with Crippen molar-refractivity contribution in [2.45, 2.75) is 6.04 Å². The van der Waals surface area contributed by atoms with Gasteiger partial charge in [-0.1, -0.05) is 0 Å². The van der Waals surface area contributed by atoms with Gasteiger partial charge in [0.2, 0.25) is 10.0 Å². The summed E-state index contributed by atoms with van der Waals surface area (Å²) in [6, 6.07) is 7.34. The van der Waals surface area contributed by atoms with Crippen molar-refractivity contribution in [1.82, 2.24) is 9.21 Å². The fourth-order valence-electron chi connectivity index (χ4n) is 4.20. The maximum absolute atomic E-state index is 13.1. The molecule has 2 bridgehead atoms. The van der Waals surface area contributed by atoms with Crippen molar-refractivity contribution in [2.75, 3.05) is 70.3 Å². The number of hydrogen-bond acceptors (Lipinski definition) is 6. The SMILES string of the molecule is CS(=O)(=O)N1C[C@H]2COC[C@@H]1CN(C(=O)c1ccc(N3CCOCC3)cc1)C2. The zero-order valence-corrected chi connectivity index (χ0v) is 16.9. The minimum Gasteiger partial charge on any atom is -0.379 e. The molecular formula is C19H27N3O5S. The fourth-order valence-corrected chi connectivity index (χ4v) is 5.35. The van der Waals surface area contributed by atoms with Gasteiger partial charge >= 0.3 is 0 Å². The van der Waals surface area contributed by atoms with Gasteiger partial charge in [-0.2, -0.15) is 4.31 Å². The Kier molecular flexibility index (Phi) is 5.59. The number of rotatable bonds is 3. The topological polar surface area (TPSA) is 79.4 Å². The van der Waals surface area contributed by atoms with Crippen LogP contribution in [0.1, 0.15) is 10.4 Å². The summed E-state index contributed by atoms with van der Waals surface area (Å²) >= 11 is 0. The Bertz CT molecular complexity index is 807. The van der Waals surface area contributed by atoms with E-state index in [0.29, 0.717) is 38.4 Å². The molecule has 9 heteroatoms. The third-order valence-corrected chi connectivity index (χ3v) is 6.92. The number of fused-ring (bicyclic) bond motifs is 3. The van der Waals surface area contributed by atoms with Crippen LogP contribution in [0.2, 0.25) is 0 Å². The van der Waals surface area contributed by atoms with Gasteiger partial charge < -0.3 is 19.3 Å². The van der Waals surface area contributed by atoms with Crippen molar-refractivity contribution in [3.05, 3.63) is 29.8 Å². The average Bonchev–Trinajstić information content (AvgIpc) is 3.00. The molecule has 1 aromatic rings. The van der Waals surface area contributed by atoms with Gasteiger partial charge in [0.1, 0.15) is 0 Å². The lowest BCUT2D eigenvalue weighted by Crippen LogP contribution is -2.47. The molecule has 2 atom stereocenters. The van der Waals surface area contributed by atoms with Crippen LogP contribution in [-0.4, -0.2) is 95.0 Å². The fraction of sp³-hybridized carbons (Fsp3) is 0.632. The molecule has 0 radical (unpaired) electrons. The summed E-state index contributed by atoms with van der Waals surface area (Å²) in [4.78, 5) is 17.1. The molecule has 0 saturated carbocycles. The van der Waals surface area contributed by atoms with Crippen LogP contribution in [0.15, 0.2) is 24.3 Å². The highest BCUT2D eigenvalue weighted by molar-refractivity contribution is 7.88. The predicted octanol–water partition coefficient (Wildman–Crippen LogP) is 0.256. The molecule has 3 aliphatic rings. The standard InChI is InChI=1S/C19H27N3O5S/c1-28(24,25)22-11-15-10-21(12-18(22)14-27-13-15)19(23)16-2-4-17(5-3-16)20-6-8-26-9-7-20/h2-5,15,18H,6-14H2,1H3/t15-,18-/m0/s1. The lowest BCUT2D eigenvalue weighted by atomic mass is 10.1. The zero-order chi connectivity index (χ0) is 19.7. The van der Waals surface area contributed by atoms with Gasteiger partial charge in [0, 0.05) is 49.9 Å². The van der Waals surface area contributed by atoms with Crippen LogP contribution in [0.3, 0.4) is 0 Å². The average molecular weight is 410 g/mol. The van der Waals surface area contributed by atoms with Crippen LogP contribution in [0.5, 0.6) is 0 Å². The van der Waals surface area contributed by atoms with E-state index in [1.807, 2.05) is 24.3 Å². The number of carbonyl (C=O) groups excluding carboxylic acids is 1. The van der Waals surface area contributed by atoms with Crippen LogP contribution in [0.4, 0.5) is 5.69 Å². The smallest absolute Gasteiger partial charge is 0.253 e. The quantitative estimate of drug-likeness (QED) is 0.712. The molecule has 1 amide bonds. The number of carbonyl (C=O) groups is 1. The number of amides is 1. The van der Waals surface area contributed by atoms with E-state index < -0.39 is 10.0 Å². The molecule has 1 aromatic carbocycles. The first-order valence-electron chi connectivity index (χ1n) is 9.68. The van der Waals surface area contributed by atoms with Gasteiger partial charge in [-0.05, 0) is 24.3 Å². The number of benzene rings is 1. The Morgan fingerprint density at radius 3 is 2.39 bits per heavy atom. The van der Waals surface area contributed by atoms with Crippen LogP contribution in [0.25, 0.3) is 0 Å². The summed E-state index contributed by atoms with van der Waals surface area (Å²) < 4.78 is 36.9. The molecule has 8 nitrogen and oxygen atoms in total. The Labute approximate surface area is 166 Å². The van der Waals surface area contributed by atoms with Crippen molar-refractivity contribution in [3.8, 4) is 0 Å². The Hall–Kier alpha value is -1.68. The van der Waals surface area contributed by atoms with Gasteiger partial charge in [0.05, 0.1) is 38.7 Å². The molecular weight excluding hydrogens is 382 g/mol. The zero-order valence-electron chi connectivity index (χ0n) is 16.1. The van der Waals surface area contributed by atoms with E-state index in [9.17, 15) is 13.2 Å². The Morgan fingerprint density at radius 2 is 1.71 bits per heavy atom. The molecule has 3 saturated heterocycles. The van der Waals surface area contributed by atoms with Gasteiger partial charge in [-0.25, -0.2) is 8.42 Å². The first-order chi connectivity index (χ1) is 13.4. The summed E-state index contributed by atoms with van der Waals surface area (Å²) in [5, 5.41) is 0. The van der Waals surface area contributed by atoms with E-state index in [-0.39, 0.29) is 17.9 Å². The molecule has 3 heterocycles. The van der Waals surface area contributed by atoms with Gasteiger partial charge in [0.15, 0.2) is 0 Å². The van der Waals surface area contributed by atoms with Crippen LogP contribution in [-0.2, 0) is 19.5 Å². The van der Waals surface area contributed by atoms with Crippen molar-refractivity contribution < 1.29 is 22.7 Å². The molecule has 0 unspecified atom stereocenters. The van der Waals surface area contributed by atoms with E-state index in [0.717, 1.165) is 32.0 Å². The van der Waals surface area contributed by atoms with E-state index >= 15 is 0 Å². The van der Waals surface area contributed by atoms with E-state index in [4.69, 9.17) is 9.47 Å². The van der Waals surface area contributed by atoms with Gasteiger partial charge in [-0.15, -0.1) is 0 Å². The molecule has 0 N–H and O–H groups in total. The molecule has 3 fully saturated rings. The molecule has 3 aliphatic heterocycles.